The molecule has 14 heavy (non-hydrogen) atoms. The summed E-state index contributed by atoms with van der Waals surface area (Å²) < 4.78 is 30.1. The molecule has 0 radical (unpaired) electrons. The summed E-state index contributed by atoms with van der Waals surface area (Å²) in [7, 11) is 0. The highest BCUT2D eigenvalue weighted by atomic mass is 19.1. The summed E-state index contributed by atoms with van der Waals surface area (Å²) in [5.41, 5.74) is 0. The smallest absolute Gasteiger partial charge is 0.314 e. The molecule has 0 atom stereocenters. The monoisotopic (exact) mass is 198 g/mol. The molecular weight excluding hydrogens is 190 g/mol. The number of benzene rings is 1. The van der Waals surface area contributed by atoms with E-state index in [0.29, 0.717) is 0 Å². The zero-order chi connectivity index (χ0) is 10.1. The minimum atomic E-state index is -0.747. The fourth-order valence-corrected chi connectivity index (χ4v) is 1.11. The Hall–Kier alpha value is -1.45. The molecule has 74 valence electrons. The quantitative estimate of drug-likeness (QED) is 0.538. The molecule has 1 aromatic carbocycles. The largest absolute Gasteiger partial charge is 0.426 e. The highest BCUT2D eigenvalue weighted by Gasteiger charge is 2.31. The molecule has 1 aromatic rings. The van der Waals surface area contributed by atoms with Crippen molar-refractivity contribution in [2.75, 3.05) is 0 Å². The molecule has 0 heterocycles. The van der Waals surface area contributed by atoms with E-state index in [9.17, 15) is 13.6 Å². The van der Waals surface area contributed by atoms with Crippen molar-refractivity contribution in [1.82, 2.24) is 0 Å². The Balaban J connectivity index is 2.11. The third kappa shape index (κ3) is 2.07. The van der Waals surface area contributed by atoms with Crippen molar-refractivity contribution in [1.29, 1.82) is 0 Å². The molecule has 2 rings (SSSR count). The van der Waals surface area contributed by atoms with Gasteiger partial charge in [-0.2, -0.15) is 0 Å². The van der Waals surface area contributed by atoms with E-state index in [1.807, 2.05) is 0 Å². The van der Waals surface area contributed by atoms with Crippen LogP contribution in [0.3, 0.4) is 0 Å². The Labute approximate surface area is 79.5 Å². The predicted octanol–water partition coefficient (Wildman–Crippen LogP) is 2.28. The standard InChI is InChI=1S/C10H8F2O2/c11-7-3-8(12)5-9(4-7)14-10(13)6-1-2-6/h3-6H,1-2H2. The van der Waals surface area contributed by atoms with E-state index in [2.05, 4.69) is 0 Å². The fraction of sp³-hybridized carbons (Fsp3) is 0.300. The van der Waals surface area contributed by atoms with E-state index >= 15 is 0 Å². The Morgan fingerprint density at radius 2 is 1.79 bits per heavy atom. The Morgan fingerprint density at radius 3 is 2.29 bits per heavy atom. The lowest BCUT2D eigenvalue weighted by Gasteiger charge is -2.02. The van der Waals surface area contributed by atoms with Gasteiger partial charge < -0.3 is 4.74 Å². The van der Waals surface area contributed by atoms with E-state index in [-0.39, 0.29) is 11.7 Å². The normalized spacial score (nSPS) is 15.3. The summed E-state index contributed by atoms with van der Waals surface area (Å²) in [5.74, 6) is -2.05. The maximum Gasteiger partial charge on any atom is 0.314 e. The molecule has 0 aromatic heterocycles. The van der Waals surface area contributed by atoms with Gasteiger partial charge in [-0.05, 0) is 12.8 Å². The van der Waals surface area contributed by atoms with Crippen LogP contribution in [0, 0.1) is 17.6 Å². The van der Waals surface area contributed by atoms with Crippen molar-refractivity contribution in [3.05, 3.63) is 29.8 Å². The number of hydrogen-bond donors (Lipinski definition) is 0. The fourth-order valence-electron chi connectivity index (χ4n) is 1.11. The number of carbonyl (C=O) groups is 1. The molecule has 4 heteroatoms. The van der Waals surface area contributed by atoms with Crippen LogP contribution in [0.4, 0.5) is 8.78 Å². The minimum absolute atomic E-state index is 0.0700. The first kappa shape index (κ1) is 9.12. The molecule has 1 saturated carbocycles. The summed E-state index contributed by atoms with van der Waals surface area (Å²) >= 11 is 0. The van der Waals surface area contributed by atoms with Crippen molar-refractivity contribution in [3.8, 4) is 5.75 Å². The predicted molar refractivity (Wildman–Crippen MR) is 44.7 cm³/mol. The highest BCUT2D eigenvalue weighted by Crippen LogP contribution is 2.31. The summed E-state index contributed by atoms with van der Waals surface area (Å²) in [6.45, 7) is 0. The van der Waals surface area contributed by atoms with Gasteiger partial charge >= 0.3 is 5.97 Å². The first-order valence-electron chi connectivity index (χ1n) is 4.33. The van der Waals surface area contributed by atoms with Crippen molar-refractivity contribution in [2.45, 2.75) is 12.8 Å². The number of esters is 1. The third-order valence-corrected chi connectivity index (χ3v) is 1.97. The number of ether oxygens (including phenoxy) is 1. The zero-order valence-corrected chi connectivity index (χ0v) is 7.30. The van der Waals surface area contributed by atoms with Gasteiger partial charge in [-0.1, -0.05) is 0 Å². The number of carbonyl (C=O) groups excluding carboxylic acids is 1. The van der Waals surface area contributed by atoms with Gasteiger partial charge in [-0.25, -0.2) is 8.78 Å². The van der Waals surface area contributed by atoms with Gasteiger partial charge in [0.1, 0.15) is 17.4 Å². The molecule has 1 aliphatic rings. The van der Waals surface area contributed by atoms with E-state index in [1.165, 1.54) is 0 Å². The number of rotatable bonds is 2. The van der Waals surface area contributed by atoms with Crippen molar-refractivity contribution in [2.24, 2.45) is 5.92 Å². The molecule has 0 spiro atoms. The van der Waals surface area contributed by atoms with Gasteiger partial charge in [-0.15, -0.1) is 0 Å². The van der Waals surface area contributed by atoms with Crippen molar-refractivity contribution in [3.63, 3.8) is 0 Å². The molecule has 2 nitrogen and oxygen atoms in total. The lowest BCUT2D eigenvalue weighted by molar-refractivity contribution is -0.135. The summed E-state index contributed by atoms with van der Waals surface area (Å²) in [6, 6.07) is 2.71. The number of halogens is 2. The topological polar surface area (TPSA) is 26.3 Å². The Bertz CT molecular complexity index is 352. The molecule has 0 aliphatic heterocycles. The van der Waals surface area contributed by atoms with E-state index < -0.39 is 17.6 Å². The van der Waals surface area contributed by atoms with Gasteiger partial charge in [-0.3, -0.25) is 4.79 Å². The van der Waals surface area contributed by atoms with E-state index in [0.717, 1.165) is 31.0 Å². The summed E-state index contributed by atoms with van der Waals surface area (Å²) in [5, 5.41) is 0. The SMILES string of the molecule is O=C(Oc1cc(F)cc(F)c1)C1CC1. The van der Waals surface area contributed by atoms with Crippen molar-refractivity contribution >= 4 is 5.97 Å². The van der Waals surface area contributed by atoms with Crippen LogP contribution in [-0.2, 0) is 4.79 Å². The van der Waals surface area contributed by atoms with Crippen LogP contribution in [0.1, 0.15) is 12.8 Å². The third-order valence-electron chi connectivity index (χ3n) is 1.97. The first-order chi connectivity index (χ1) is 6.65. The molecule has 0 saturated heterocycles. The second kappa shape index (κ2) is 3.36. The van der Waals surface area contributed by atoms with Gasteiger partial charge in [0, 0.05) is 18.2 Å². The minimum Gasteiger partial charge on any atom is -0.426 e. The average molecular weight is 198 g/mol. The van der Waals surface area contributed by atoms with Gasteiger partial charge in [0.15, 0.2) is 0 Å². The van der Waals surface area contributed by atoms with E-state index in [1.54, 1.807) is 0 Å². The van der Waals surface area contributed by atoms with Gasteiger partial charge in [0.2, 0.25) is 0 Å². The zero-order valence-electron chi connectivity index (χ0n) is 7.30. The molecule has 1 fully saturated rings. The maximum absolute atomic E-state index is 12.7. The van der Waals surface area contributed by atoms with Gasteiger partial charge in [0.25, 0.3) is 0 Å². The Kier molecular flexibility index (Phi) is 2.19. The molecular formula is C10H8F2O2. The second-order valence-electron chi connectivity index (χ2n) is 3.30. The summed E-state index contributed by atoms with van der Waals surface area (Å²) in [6.07, 6.45) is 1.60. The van der Waals surface area contributed by atoms with Crippen LogP contribution in [0.25, 0.3) is 0 Å². The lowest BCUT2D eigenvalue weighted by atomic mass is 10.3. The highest BCUT2D eigenvalue weighted by molar-refractivity contribution is 5.77. The van der Waals surface area contributed by atoms with Crippen LogP contribution in [0.15, 0.2) is 18.2 Å². The van der Waals surface area contributed by atoms with Crippen LogP contribution in [-0.4, -0.2) is 5.97 Å². The molecule has 0 amide bonds. The second-order valence-corrected chi connectivity index (χ2v) is 3.30. The van der Waals surface area contributed by atoms with Crippen LogP contribution < -0.4 is 4.74 Å². The van der Waals surface area contributed by atoms with Crippen molar-refractivity contribution < 1.29 is 18.3 Å². The number of hydrogen-bond acceptors (Lipinski definition) is 2. The first-order valence-corrected chi connectivity index (χ1v) is 4.33. The maximum atomic E-state index is 12.7. The van der Waals surface area contributed by atoms with Gasteiger partial charge in [0.05, 0.1) is 5.92 Å². The van der Waals surface area contributed by atoms with Crippen LogP contribution >= 0.6 is 0 Å². The van der Waals surface area contributed by atoms with Crippen LogP contribution in [0.5, 0.6) is 5.75 Å². The lowest BCUT2D eigenvalue weighted by Crippen LogP contribution is -2.09. The Morgan fingerprint density at radius 1 is 1.21 bits per heavy atom. The molecule has 1 aliphatic carbocycles. The molecule has 0 unspecified atom stereocenters. The van der Waals surface area contributed by atoms with E-state index in [4.69, 9.17) is 4.74 Å². The molecule has 0 bridgehead atoms. The summed E-state index contributed by atoms with van der Waals surface area (Å²) in [4.78, 5) is 11.1. The average Bonchev–Trinajstić information content (AvgIpc) is 2.82. The molecule has 0 N–H and O–H groups in total. The van der Waals surface area contributed by atoms with Crippen LogP contribution in [0.2, 0.25) is 0 Å².